The van der Waals surface area contributed by atoms with E-state index in [0.29, 0.717) is 5.56 Å². The van der Waals surface area contributed by atoms with Gasteiger partial charge in [0.1, 0.15) is 6.04 Å². The zero-order chi connectivity index (χ0) is 14.4. The summed E-state index contributed by atoms with van der Waals surface area (Å²) in [7, 11) is 0. The number of carbonyl (C=O) groups is 1. The molecule has 0 amide bonds. The van der Waals surface area contributed by atoms with Crippen LogP contribution in [0.4, 0.5) is 10.1 Å². The van der Waals surface area contributed by atoms with E-state index in [9.17, 15) is 19.3 Å². The van der Waals surface area contributed by atoms with Gasteiger partial charge < -0.3 is 10.1 Å². The second-order valence-corrected chi connectivity index (χ2v) is 3.90. The first-order valence-corrected chi connectivity index (χ1v) is 5.78. The van der Waals surface area contributed by atoms with Gasteiger partial charge in [0, 0.05) is 12.6 Å². The summed E-state index contributed by atoms with van der Waals surface area (Å²) in [5, 5.41) is 13.3. The molecule has 0 heterocycles. The van der Waals surface area contributed by atoms with Gasteiger partial charge >= 0.3 is 11.7 Å². The lowest BCUT2D eigenvalue weighted by Crippen LogP contribution is -2.34. The number of nitro benzene ring substituents is 1. The summed E-state index contributed by atoms with van der Waals surface area (Å²) in [6, 6.07) is 3.08. The predicted octanol–water partition coefficient (Wildman–Crippen LogP) is 1.78. The summed E-state index contributed by atoms with van der Waals surface area (Å²) in [5.74, 6) is -1.29. The van der Waals surface area contributed by atoms with Crippen LogP contribution in [0.5, 0.6) is 0 Å². The van der Waals surface area contributed by atoms with Crippen LogP contribution in [0.15, 0.2) is 18.2 Å². The van der Waals surface area contributed by atoms with Crippen molar-refractivity contribution in [2.24, 2.45) is 0 Å². The van der Waals surface area contributed by atoms with Crippen LogP contribution < -0.4 is 5.32 Å². The van der Waals surface area contributed by atoms with Crippen LogP contribution >= 0.6 is 0 Å². The van der Waals surface area contributed by atoms with E-state index in [1.807, 2.05) is 0 Å². The smallest absolute Gasteiger partial charge is 0.322 e. The van der Waals surface area contributed by atoms with Crippen LogP contribution in [0, 0.1) is 15.9 Å². The Morgan fingerprint density at radius 2 is 2.26 bits per heavy atom. The average Bonchev–Trinajstić information content (AvgIpc) is 2.35. The largest absolute Gasteiger partial charge is 0.465 e. The van der Waals surface area contributed by atoms with Gasteiger partial charge in [0.05, 0.1) is 11.5 Å². The minimum absolute atomic E-state index is 0.217. The molecule has 104 valence electrons. The summed E-state index contributed by atoms with van der Waals surface area (Å²) in [4.78, 5) is 21.0. The van der Waals surface area contributed by atoms with E-state index < -0.39 is 28.4 Å². The molecule has 0 aliphatic rings. The first-order valence-electron chi connectivity index (χ1n) is 5.78. The number of nitrogens with zero attached hydrogens (tertiary/aromatic N) is 1. The van der Waals surface area contributed by atoms with Crippen LogP contribution in [0.1, 0.15) is 19.4 Å². The zero-order valence-electron chi connectivity index (χ0n) is 10.7. The summed E-state index contributed by atoms with van der Waals surface area (Å²) >= 11 is 0. The Morgan fingerprint density at radius 1 is 1.58 bits per heavy atom. The van der Waals surface area contributed by atoms with Crippen LogP contribution in [0.3, 0.4) is 0 Å². The van der Waals surface area contributed by atoms with Gasteiger partial charge in [-0.3, -0.25) is 14.9 Å². The molecule has 1 unspecified atom stereocenters. The lowest BCUT2D eigenvalue weighted by atomic mass is 10.2. The van der Waals surface area contributed by atoms with Crippen molar-refractivity contribution in [2.45, 2.75) is 26.4 Å². The lowest BCUT2D eigenvalue weighted by molar-refractivity contribution is -0.387. The molecule has 1 rings (SSSR count). The molecule has 7 heteroatoms. The van der Waals surface area contributed by atoms with E-state index in [1.54, 1.807) is 13.8 Å². The minimum atomic E-state index is -0.895. The van der Waals surface area contributed by atoms with E-state index in [4.69, 9.17) is 4.74 Å². The molecule has 19 heavy (non-hydrogen) atoms. The highest BCUT2D eigenvalue weighted by Gasteiger charge is 2.16. The number of ether oxygens (including phenoxy) is 1. The molecule has 0 fully saturated rings. The number of carbonyl (C=O) groups excluding carboxylic acids is 1. The monoisotopic (exact) mass is 270 g/mol. The van der Waals surface area contributed by atoms with Gasteiger partial charge in [-0.1, -0.05) is 6.07 Å². The Hall–Kier alpha value is -2.02. The summed E-state index contributed by atoms with van der Waals surface area (Å²) in [5.41, 5.74) is -0.0542. The third kappa shape index (κ3) is 4.29. The molecule has 0 radical (unpaired) electrons. The summed E-state index contributed by atoms with van der Waals surface area (Å²) < 4.78 is 18.1. The van der Waals surface area contributed by atoms with Crippen LogP contribution in [0.2, 0.25) is 0 Å². The maximum absolute atomic E-state index is 13.3. The van der Waals surface area contributed by atoms with Gasteiger partial charge in [-0.2, -0.15) is 4.39 Å². The Bertz CT molecular complexity index is 479. The van der Waals surface area contributed by atoms with Crippen LogP contribution in [-0.2, 0) is 16.1 Å². The number of nitro groups is 1. The highest BCUT2D eigenvalue weighted by Crippen LogP contribution is 2.17. The molecule has 0 aromatic heterocycles. The highest BCUT2D eigenvalue weighted by molar-refractivity contribution is 5.75. The fourth-order valence-electron chi connectivity index (χ4n) is 1.43. The first kappa shape index (κ1) is 15.0. The molecular weight excluding hydrogens is 255 g/mol. The second kappa shape index (κ2) is 6.79. The SMILES string of the molecule is CCOC(=O)C(C)NCc1ccc([N+](=O)[O-])c(F)c1. The molecule has 0 saturated heterocycles. The third-order valence-electron chi connectivity index (χ3n) is 2.46. The van der Waals surface area contributed by atoms with E-state index in [2.05, 4.69) is 5.32 Å². The molecule has 1 aromatic rings. The quantitative estimate of drug-likeness (QED) is 0.484. The molecule has 1 N–H and O–H groups in total. The molecule has 1 atom stereocenters. The number of hydrogen-bond acceptors (Lipinski definition) is 5. The average molecular weight is 270 g/mol. The van der Waals surface area contributed by atoms with E-state index >= 15 is 0 Å². The van der Waals surface area contributed by atoms with Crippen molar-refractivity contribution in [1.82, 2.24) is 5.32 Å². The predicted molar refractivity (Wildman–Crippen MR) is 66.0 cm³/mol. The van der Waals surface area contributed by atoms with Gasteiger partial charge in [-0.15, -0.1) is 0 Å². The van der Waals surface area contributed by atoms with Crippen LogP contribution in [-0.4, -0.2) is 23.5 Å². The Balaban J connectivity index is 2.61. The number of nitrogens with one attached hydrogen (secondary N) is 1. The topological polar surface area (TPSA) is 81.5 Å². The molecule has 0 aliphatic heterocycles. The Kier molecular flexibility index (Phi) is 5.37. The van der Waals surface area contributed by atoms with Crippen molar-refractivity contribution in [3.63, 3.8) is 0 Å². The number of rotatable bonds is 6. The van der Waals surface area contributed by atoms with Crippen molar-refractivity contribution in [1.29, 1.82) is 0 Å². The van der Waals surface area contributed by atoms with Gasteiger partial charge in [-0.05, 0) is 25.5 Å². The molecule has 0 aliphatic carbocycles. The lowest BCUT2D eigenvalue weighted by Gasteiger charge is -2.12. The fourth-order valence-corrected chi connectivity index (χ4v) is 1.43. The molecule has 0 bridgehead atoms. The minimum Gasteiger partial charge on any atom is -0.465 e. The van der Waals surface area contributed by atoms with Gasteiger partial charge in [-0.25, -0.2) is 0 Å². The standard InChI is InChI=1S/C12H15FN2O4/c1-3-19-12(16)8(2)14-7-9-4-5-11(15(17)18)10(13)6-9/h4-6,8,14H,3,7H2,1-2H3. The van der Waals surface area contributed by atoms with Gasteiger partial charge in [0.2, 0.25) is 5.82 Å². The third-order valence-corrected chi connectivity index (χ3v) is 2.46. The van der Waals surface area contributed by atoms with E-state index in [1.165, 1.54) is 6.07 Å². The summed E-state index contributed by atoms with van der Waals surface area (Å²) in [6.45, 7) is 3.84. The zero-order valence-corrected chi connectivity index (χ0v) is 10.7. The Morgan fingerprint density at radius 3 is 2.79 bits per heavy atom. The maximum atomic E-state index is 13.3. The summed E-state index contributed by atoms with van der Waals surface area (Å²) in [6.07, 6.45) is 0. The molecule has 1 aromatic carbocycles. The van der Waals surface area contributed by atoms with Crippen molar-refractivity contribution in [3.8, 4) is 0 Å². The van der Waals surface area contributed by atoms with E-state index in [0.717, 1.165) is 12.1 Å². The first-order chi connectivity index (χ1) is 8.95. The molecular formula is C12H15FN2O4. The number of esters is 1. The highest BCUT2D eigenvalue weighted by atomic mass is 19.1. The molecule has 0 saturated carbocycles. The number of benzene rings is 1. The van der Waals surface area contributed by atoms with Crippen LogP contribution in [0.25, 0.3) is 0 Å². The number of hydrogen-bond donors (Lipinski definition) is 1. The van der Waals surface area contributed by atoms with Crippen molar-refractivity contribution < 1.29 is 18.8 Å². The normalized spacial score (nSPS) is 11.9. The van der Waals surface area contributed by atoms with Gasteiger partial charge in [0.25, 0.3) is 0 Å². The maximum Gasteiger partial charge on any atom is 0.322 e. The van der Waals surface area contributed by atoms with Crippen molar-refractivity contribution >= 4 is 11.7 Å². The molecule has 0 spiro atoms. The van der Waals surface area contributed by atoms with E-state index in [-0.39, 0.29) is 13.2 Å². The second-order valence-electron chi connectivity index (χ2n) is 3.90. The Labute approximate surface area is 109 Å². The van der Waals surface area contributed by atoms with Gasteiger partial charge in [0.15, 0.2) is 0 Å². The van der Waals surface area contributed by atoms with Crippen molar-refractivity contribution in [3.05, 3.63) is 39.7 Å². The fraction of sp³-hybridized carbons (Fsp3) is 0.417. The van der Waals surface area contributed by atoms with Crippen molar-refractivity contribution in [2.75, 3.05) is 6.61 Å². The number of halogens is 1. The molecule has 6 nitrogen and oxygen atoms in total.